The number of piperazine rings is 1. The fourth-order valence-electron chi connectivity index (χ4n) is 4.76. The summed E-state index contributed by atoms with van der Waals surface area (Å²) in [6.45, 7) is 8.80. The molecule has 1 atom stereocenters. The van der Waals surface area contributed by atoms with Gasteiger partial charge in [-0.15, -0.1) is 0 Å². The normalized spacial score (nSPS) is 21.8. The maximum Gasteiger partial charge on any atom is 0.256 e. The first kappa shape index (κ1) is 20.3. The van der Waals surface area contributed by atoms with Gasteiger partial charge in [-0.2, -0.15) is 0 Å². The molecule has 2 fully saturated rings. The number of hydrogen-bond donors (Lipinski definition) is 0. The molecular weight excluding hydrogens is 392 g/mol. The number of methoxy groups -OCH3 is 1. The second-order valence-electron chi connectivity index (χ2n) is 8.53. The SMILES string of the molecule is CCN1CCN(COc2cc3cc4c(cc3cc2OC)C(=O)N2CCCC2C=N4)CC1. The third-order valence-electron chi connectivity index (χ3n) is 6.73. The molecule has 0 radical (unpaired) electrons. The minimum atomic E-state index is 0.0717. The van der Waals surface area contributed by atoms with E-state index in [4.69, 9.17) is 9.47 Å². The Morgan fingerprint density at radius 3 is 2.52 bits per heavy atom. The topological polar surface area (TPSA) is 57.6 Å². The first-order valence-corrected chi connectivity index (χ1v) is 11.2. The Kier molecular flexibility index (Phi) is 5.54. The fourth-order valence-corrected chi connectivity index (χ4v) is 4.76. The van der Waals surface area contributed by atoms with E-state index in [0.29, 0.717) is 18.0 Å². The number of amides is 1. The molecule has 3 aliphatic rings. The van der Waals surface area contributed by atoms with Crippen LogP contribution in [-0.4, -0.2) is 86.0 Å². The maximum absolute atomic E-state index is 13.1. The number of carbonyl (C=O) groups is 1. The van der Waals surface area contributed by atoms with E-state index in [9.17, 15) is 4.79 Å². The van der Waals surface area contributed by atoms with Crippen LogP contribution in [0.3, 0.4) is 0 Å². The Balaban J connectivity index is 1.41. The van der Waals surface area contributed by atoms with Crippen LogP contribution in [0.25, 0.3) is 10.8 Å². The second-order valence-corrected chi connectivity index (χ2v) is 8.53. The minimum absolute atomic E-state index is 0.0717. The lowest BCUT2D eigenvalue weighted by molar-refractivity contribution is 0.0673. The summed E-state index contributed by atoms with van der Waals surface area (Å²) >= 11 is 0. The molecule has 164 valence electrons. The van der Waals surface area contributed by atoms with Crippen LogP contribution in [0.15, 0.2) is 29.3 Å². The summed E-state index contributed by atoms with van der Waals surface area (Å²) in [6, 6.07) is 8.02. The Morgan fingerprint density at radius 1 is 1.00 bits per heavy atom. The van der Waals surface area contributed by atoms with Crippen LogP contribution in [0.1, 0.15) is 30.1 Å². The molecule has 2 aromatic carbocycles. The monoisotopic (exact) mass is 422 g/mol. The van der Waals surface area contributed by atoms with Crippen LogP contribution in [0.4, 0.5) is 5.69 Å². The average Bonchev–Trinajstić information content (AvgIpc) is 3.24. The largest absolute Gasteiger partial charge is 0.493 e. The molecule has 3 aliphatic heterocycles. The van der Waals surface area contributed by atoms with Crippen molar-refractivity contribution in [3.63, 3.8) is 0 Å². The zero-order chi connectivity index (χ0) is 21.4. The number of benzene rings is 2. The molecule has 0 saturated carbocycles. The van der Waals surface area contributed by atoms with Gasteiger partial charge in [0.2, 0.25) is 0 Å². The number of nitrogens with zero attached hydrogens (tertiary/aromatic N) is 4. The first-order chi connectivity index (χ1) is 15.2. The van der Waals surface area contributed by atoms with Gasteiger partial charge in [-0.3, -0.25) is 14.7 Å². The third kappa shape index (κ3) is 3.88. The van der Waals surface area contributed by atoms with E-state index >= 15 is 0 Å². The van der Waals surface area contributed by atoms with E-state index in [2.05, 4.69) is 21.7 Å². The van der Waals surface area contributed by atoms with E-state index in [1.54, 1.807) is 7.11 Å². The van der Waals surface area contributed by atoms with Crippen molar-refractivity contribution in [2.45, 2.75) is 25.8 Å². The number of fused-ring (bicyclic) bond motifs is 3. The van der Waals surface area contributed by atoms with Crippen molar-refractivity contribution >= 4 is 28.6 Å². The molecule has 7 heteroatoms. The van der Waals surface area contributed by atoms with Gasteiger partial charge in [-0.05, 0) is 54.4 Å². The van der Waals surface area contributed by atoms with Crippen molar-refractivity contribution in [3.8, 4) is 11.5 Å². The molecular formula is C24H30N4O3. The van der Waals surface area contributed by atoms with E-state index in [-0.39, 0.29) is 11.9 Å². The highest BCUT2D eigenvalue weighted by Gasteiger charge is 2.31. The fraction of sp³-hybridized carbons (Fsp3) is 0.500. The highest BCUT2D eigenvalue weighted by molar-refractivity contribution is 6.07. The third-order valence-corrected chi connectivity index (χ3v) is 6.73. The quantitative estimate of drug-likeness (QED) is 0.741. The Morgan fingerprint density at radius 2 is 1.74 bits per heavy atom. The minimum Gasteiger partial charge on any atom is -0.493 e. The summed E-state index contributed by atoms with van der Waals surface area (Å²) in [5, 5.41) is 1.96. The van der Waals surface area contributed by atoms with Gasteiger partial charge >= 0.3 is 0 Å². The van der Waals surface area contributed by atoms with Gasteiger partial charge in [0.1, 0.15) is 6.73 Å². The van der Waals surface area contributed by atoms with Crippen LogP contribution < -0.4 is 9.47 Å². The second kappa shape index (κ2) is 8.48. The number of likely N-dealkylation sites (N-methyl/N-ethyl adjacent to an activating group) is 1. The molecule has 1 amide bonds. The predicted octanol–water partition coefficient (Wildman–Crippen LogP) is 3.14. The number of ether oxygens (including phenoxy) is 2. The molecule has 2 saturated heterocycles. The molecule has 1 unspecified atom stereocenters. The lowest BCUT2D eigenvalue weighted by Gasteiger charge is -2.33. The van der Waals surface area contributed by atoms with Crippen molar-refractivity contribution in [2.24, 2.45) is 4.99 Å². The van der Waals surface area contributed by atoms with Gasteiger partial charge in [0.15, 0.2) is 11.5 Å². The van der Waals surface area contributed by atoms with E-state index in [1.807, 2.05) is 35.4 Å². The van der Waals surface area contributed by atoms with Gasteiger partial charge in [0.25, 0.3) is 5.91 Å². The first-order valence-electron chi connectivity index (χ1n) is 11.2. The Hall–Kier alpha value is -2.64. The molecule has 0 aliphatic carbocycles. The zero-order valence-electron chi connectivity index (χ0n) is 18.3. The summed E-state index contributed by atoms with van der Waals surface area (Å²) < 4.78 is 11.8. The highest BCUT2D eigenvalue weighted by atomic mass is 16.5. The zero-order valence-corrected chi connectivity index (χ0v) is 18.3. The number of carbonyl (C=O) groups excluding carboxylic acids is 1. The standard InChI is InChI=1S/C24H30N4O3/c1-3-26-7-9-27(10-8-26)16-31-23-14-18-12-21-20(11-17(18)13-22(23)30-2)24(29)28-6-4-5-19(28)15-25-21/h11-15,19H,3-10,16H2,1-2H3. The molecule has 2 aromatic rings. The molecule has 5 rings (SSSR count). The van der Waals surface area contributed by atoms with Crippen molar-refractivity contribution in [1.29, 1.82) is 0 Å². The van der Waals surface area contributed by atoms with Crippen molar-refractivity contribution in [1.82, 2.24) is 14.7 Å². The van der Waals surface area contributed by atoms with Crippen LogP contribution in [0.2, 0.25) is 0 Å². The molecule has 0 aromatic heterocycles. The molecule has 31 heavy (non-hydrogen) atoms. The van der Waals surface area contributed by atoms with Crippen LogP contribution >= 0.6 is 0 Å². The number of hydrogen-bond acceptors (Lipinski definition) is 6. The van der Waals surface area contributed by atoms with E-state index < -0.39 is 0 Å². The Bertz CT molecular complexity index is 1010. The van der Waals surface area contributed by atoms with Crippen LogP contribution in [0, 0.1) is 0 Å². The Labute approximate surface area is 183 Å². The predicted molar refractivity (Wildman–Crippen MR) is 122 cm³/mol. The molecule has 0 spiro atoms. The lowest BCUT2D eigenvalue weighted by Crippen LogP contribution is -2.47. The molecule has 3 heterocycles. The maximum atomic E-state index is 13.1. The summed E-state index contributed by atoms with van der Waals surface area (Å²) in [5.74, 6) is 1.48. The smallest absolute Gasteiger partial charge is 0.256 e. The summed E-state index contributed by atoms with van der Waals surface area (Å²) in [7, 11) is 1.65. The summed E-state index contributed by atoms with van der Waals surface area (Å²) in [5.41, 5.74) is 1.40. The van der Waals surface area contributed by atoms with Crippen LogP contribution in [0.5, 0.6) is 11.5 Å². The lowest BCUT2D eigenvalue weighted by atomic mass is 10.0. The van der Waals surface area contributed by atoms with Gasteiger partial charge < -0.3 is 19.3 Å². The van der Waals surface area contributed by atoms with Crippen molar-refractivity contribution in [2.75, 3.05) is 53.1 Å². The van der Waals surface area contributed by atoms with E-state index in [0.717, 1.165) is 74.3 Å². The number of aliphatic imine (C=N–C) groups is 1. The van der Waals surface area contributed by atoms with Gasteiger partial charge in [0.05, 0.1) is 24.4 Å². The molecule has 7 nitrogen and oxygen atoms in total. The van der Waals surface area contributed by atoms with E-state index in [1.165, 1.54) is 0 Å². The van der Waals surface area contributed by atoms with Gasteiger partial charge in [-0.25, -0.2) is 0 Å². The summed E-state index contributed by atoms with van der Waals surface area (Å²) in [4.78, 5) is 24.5. The van der Waals surface area contributed by atoms with Crippen LogP contribution in [-0.2, 0) is 0 Å². The highest BCUT2D eigenvalue weighted by Crippen LogP contribution is 2.37. The van der Waals surface area contributed by atoms with Crippen molar-refractivity contribution in [3.05, 3.63) is 29.8 Å². The van der Waals surface area contributed by atoms with Gasteiger partial charge in [0, 0.05) is 38.9 Å². The average molecular weight is 423 g/mol. The number of rotatable bonds is 5. The van der Waals surface area contributed by atoms with Crippen molar-refractivity contribution < 1.29 is 14.3 Å². The molecule has 0 bridgehead atoms. The summed E-state index contributed by atoms with van der Waals surface area (Å²) in [6.07, 6.45) is 3.95. The van der Waals surface area contributed by atoms with Gasteiger partial charge in [-0.1, -0.05) is 6.92 Å². The molecule has 0 N–H and O–H groups in total.